The summed E-state index contributed by atoms with van der Waals surface area (Å²) in [5, 5.41) is 3.30. The summed E-state index contributed by atoms with van der Waals surface area (Å²) >= 11 is 1.71. The van der Waals surface area contributed by atoms with E-state index in [9.17, 15) is 9.59 Å². The molecule has 0 unspecified atom stereocenters. The van der Waals surface area contributed by atoms with Crippen LogP contribution in [0.3, 0.4) is 0 Å². The van der Waals surface area contributed by atoms with Gasteiger partial charge in [0.2, 0.25) is 5.91 Å². The molecule has 0 spiro atoms. The van der Waals surface area contributed by atoms with Crippen molar-refractivity contribution in [3.05, 3.63) is 62.2 Å². The maximum absolute atomic E-state index is 12.7. The van der Waals surface area contributed by atoms with Gasteiger partial charge in [0.05, 0.1) is 10.7 Å². The van der Waals surface area contributed by atoms with Gasteiger partial charge < -0.3 is 9.88 Å². The molecule has 0 aromatic carbocycles. The average molecular weight is 453 g/mol. The molecule has 4 rings (SSSR count). The zero-order valence-electron chi connectivity index (χ0n) is 18.5. The number of carbonyl (C=O) groups is 1. The molecule has 9 heteroatoms. The van der Waals surface area contributed by atoms with Crippen LogP contribution >= 0.6 is 11.3 Å². The number of carbonyl (C=O) groups excluding carboxylic acids is 1. The lowest BCUT2D eigenvalue weighted by molar-refractivity contribution is -0.133. The van der Waals surface area contributed by atoms with E-state index in [1.165, 1.54) is 5.01 Å². The van der Waals surface area contributed by atoms with E-state index < -0.39 is 0 Å². The molecule has 1 fully saturated rings. The van der Waals surface area contributed by atoms with E-state index in [-0.39, 0.29) is 11.5 Å². The summed E-state index contributed by atoms with van der Waals surface area (Å²) in [6, 6.07) is 3.61. The summed E-state index contributed by atoms with van der Waals surface area (Å²) in [7, 11) is 0. The van der Waals surface area contributed by atoms with Crippen LogP contribution in [0.15, 0.2) is 34.7 Å². The van der Waals surface area contributed by atoms with Gasteiger partial charge in [-0.3, -0.25) is 19.5 Å². The summed E-state index contributed by atoms with van der Waals surface area (Å²) in [5.74, 6) is 0.607. The molecule has 0 atom stereocenters. The Hall–Kier alpha value is -2.91. The first-order valence-corrected chi connectivity index (χ1v) is 11.8. The maximum Gasteiger partial charge on any atom is 0.254 e. The van der Waals surface area contributed by atoms with Gasteiger partial charge in [-0.05, 0) is 31.9 Å². The number of hydrogen-bond acceptors (Lipinski definition) is 7. The molecule has 3 aromatic heterocycles. The monoisotopic (exact) mass is 452 g/mol. The first-order chi connectivity index (χ1) is 15.5. The molecule has 0 radical (unpaired) electrons. The van der Waals surface area contributed by atoms with E-state index in [1.54, 1.807) is 35.9 Å². The number of pyridine rings is 1. The number of amides is 1. The van der Waals surface area contributed by atoms with Crippen LogP contribution in [0.25, 0.3) is 11.4 Å². The average Bonchev–Trinajstić information content (AvgIpc) is 3.27. The van der Waals surface area contributed by atoms with Gasteiger partial charge in [-0.25, -0.2) is 9.97 Å². The highest BCUT2D eigenvalue weighted by Crippen LogP contribution is 2.16. The molecule has 0 aliphatic carbocycles. The highest BCUT2D eigenvalue weighted by atomic mass is 32.1. The van der Waals surface area contributed by atoms with Gasteiger partial charge >= 0.3 is 0 Å². The number of nitrogens with one attached hydrogen (secondary N) is 1. The molecule has 1 amide bonds. The Balaban J connectivity index is 1.30. The fourth-order valence-corrected chi connectivity index (χ4v) is 4.65. The van der Waals surface area contributed by atoms with Crippen LogP contribution in [0.1, 0.15) is 35.3 Å². The summed E-state index contributed by atoms with van der Waals surface area (Å²) in [6.45, 7) is 7.87. The molecule has 1 aliphatic rings. The van der Waals surface area contributed by atoms with E-state index in [0.717, 1.165) is 37.3 Å². The number of H-pyrrole nitrogens is 1. The lowest BCUT2D eigenvalue weighted by atomic mass is 10.1. The van der Waals surface area contributed by atoms with Gasteiger partial charge in [-0.15, -0.1) is 11.3 Å². The molecule has 0 bridgehead atoms. The number of aromatic amines is 1. The third kappa shape index (κ3) is 5.28. The van der Waals surface area contributed by atoms with E-state index in [1.807, 2.05) is 11.8 Å². The summed E-state index contributed by atoms with van der Waals surface area (Å²) in [4.78, 5) is 45.6. The van der Waals surface area contributed by atoms with Crippen molar-refractivity contribution in [1.82, 2.24) is 29.7 Å². The highest BCUT2D eigenvalue weighted by Gasteiger charge is 2.22. The molecule has 8 nitrogen and oxygen atoms in total. The van der Waals surface area contributed by atoms with Crippen LogP contribution in [0, 0.1) is 6.92 Å². The number of thiazole rings is 1. The van der Waals surface area contributed by atoms with Gasteiger partial charge in [-0.2, -0.15) is 0 Å². The fourth-order valence-electron chi connectivity index (χ4n) is 3.91. The van der Waals surface area contributed by atoms with Crippen molar-refractivity contribution >= 4 is 17.2 Å². The van der Waals surface area contributed by atoms with E-state index in [0.29, 0.717) is 43.0 Å². The van der Waals surface area contributed by atoms with E-state index >= 15 is 0 Å². The van der Waals surface area contributed by atoms with Crippen LogP contribution in [-0.2, 0) is 24.2 Å². The van der Waals surface area contributed by atoms with Crippen molar-refractivity contribution < 1.29 is 4.79 Å². The van der Waals surface area contributed by atoms with Crippen molar-refractivity contribution in [3.8, 4) is 11.4 Å². The lowest BCUT2D eigenvalue weighted by Crippen LogP contribution is -2.48. The van der Waals surface area contributed by atoms with E-state index in [2.05, 4.69) is 37.1 Å². The van der Waals surface area contributed by atoms with Crippen molar-refractivity contribution in [3.63, 3.8) is 0 Å². The van der Waals surface area contributed by atoms with Crippen molar-refractivity contribution in [2.45, 2.75) is 39.7 Å². The van der Waals surface area contributed by atoms with Gasteiger partial charge in [0, 0.05) is 73.7 Å². The van der Waals surface area contributed by atoms with Crippen LogP contribution in [-0.4, -0.2) is 61.8 Å². The molecular formula is C23H28N6O2S. The molecule has 1 N–H and O–H groups in total. The molecule has 1 saturated heterocycles. The first-order valence-electron chi connectivity index (χ1n) is 11.0. The van der Waals surface area contributed by atoms with Crippen LogP contribution in [0.5, 0.6) is 0 Å². The second-order valence-electron chi connectivity index (χ2n) is 7.96. The molecule has 1 aliphatic heterocycles. The summed E-state index contributed by atoms with van der Waals surface area (Å²) in [5.41, 5.74) is 2.97. The second kappa shape index (κ2) is 10.1. The van der Waals surface area contributed by atoms with Gasteiger partial charge in [0.1, 0.15) is 5.82 Å². The Kier molecular flexibility index (Phi) is 7.06. The predicted molar refractivity (Wildman–Crippen MR) is 124 cm³/mol. The number of aromatic nitrogens is 4. The molecule has 0 saturated carbocycles. The quantitative estimate of drug-likeness (QED) is 0.592. The Morgan fingerprint density at radius 1 is 1.16 bits per heavy atom. The fraction of sp³-hybridized carbons (Fsp3) is 0.435. The molecule has 4 heterocycles. The molecule has 32 heavy (non-hydrogen) atoms. The normalized spacial score (nSPS) is 14.6. The number of rotatable bonds is 7. The third-order valence-electron chi connectivity index (χ3n) is 5.78. The zero-order valence-corrected chi connectivity index (χ0v) is 19.3. The van der Waals surface area contributed by atoms with Crippen LogP contribution in [0.2, 0.25) is 0 Å². The Labute approximate surface area is 191 Å². The molecule has 168 valence electrons. The number of piperazine rings is 1. The van der Waals surface area contributed by atoms with Gasteiger partial charge in [0.25, 0.3) is 5.56 Å². The zero-order chi connectivity index (χ0) is 22.5. The number of hydrogen-bond donors (Lipinski definition) is 1. The van der Waals surface area contributed by atoms with Gasteiger partial charge in [-0.1, -0.05) is 6.92 Å². The van der Waals surface area contributed by atoms with Crippen molar-refractivity contribution in [2.24, 2.45) is 0 Å². The topological polar surface area (TPSA) is 95.1 Å². The number of aryl methyl sites for hydroxylation is 2. The largest absolute Gasteiger partial charge is 0.340 e. The SMILES string of the molecule is CCc1nc(CN2CCN(C(=O)CCc3c(C)nc(-c4ccncc4)[nH]c3=O)CC2)cs1. The summed E-state index contributed by atoms with van der Waals surface area (Å²) in [6.07, 6.45) is 5.00. The minimum Gasteiger partial charge on any atom is -0.340 e. The minimum absolute atomic E-state index is 0.0867. The Bertz CT molecular complexity index is 1120. The van der Waals surface area contributed by atoms with E-state index in [4.69, 9.17) is 0 Å². The Morgan fingerprint density at radius 3 is 2.56 bits per heavy atom. The van der Waals surface area contributed by atoms with Crippen molar-refractivity contribution in [1.29, 1.82) is 0 Å². The Morgan fingerprint density at radius 2 is 1.91 bits per heavy atom. The van der Waals surface area contributed by atoms with Crippen LogP contribution < -0.4 is 5.56 Å². The molecule has 3 aromatic rings. The highest BCUT2D eigenvalue weighted by molar-refractivity contribution is 7.09. The summed E-state index contributed by atoms with van der Waals surface area (Å²) < 4.78 is 0. The standard InChI is InChI=1S/C23H28N6O2S/c1-3-20-26-18(15-32-20)14-28-10-12-29(13-11-28)21(30)5-4-19-16(2)25-22(27-23(19)31)17-6-8-24-9-7-17/h6-9,15H,3-5,10-14H2,1-2H3,(H,25,27,31). The van der Waals surface area contributed by atoms with Crippen LogP contribution in [0.4, 0.5) is 0 Å². The number of nitrogens with zero attached hydrogens (tertiary/aromatic N) is 5. The van der Waals surface area contributed by atoms with Crippen molar-refractivity contribution in [2.75, 3.05) is 26.2 Å². The minimum atomic E-state index is -0.184. The second-order valence-corrected chi connectivity index (χ2v) is 8.90. The maximum atomic E-state index is 12.7. The lowest BCUT2D eigenvalue weighted by Gasteiger charge is -2.34. The smallest absolute Gasteiger partial charge is 0.254 e. The third-order valence-corrected chi connectivity index (χ3v) is 6.82. The van der Waals surface area contributed by atoms with Gasteiger partial charge in [0.15, 0.2) is 0 Å². The first kappa shape index (κ1) is 22.3. The predicted octanol–water partition coefficient (Wildman–Crippen LogP) is 2.44. The molecular weight excluding hydrogens is 424 g/mol.